The van der Waals surface area contributed by atoms with Crippen molar-refractivity contribution in [1.82, 2.24) is 5.32 Å². The SMILES string of the molecule is COCCNCC(=O)CCc1cccs1. The molecule has 1 aromatic rings. The van der Waals surface area contributed by atoms with Crippen molar-refractivity contribution in [3.63, 3.8) is 0 Å². The van der Waals surface area contributed by atoms with E-state index in [1.54, 1.807) is 18.4 Å². The van der Waals surface area contributed by atoms with Crippen LogP contribution in [0.2, 0.25) is 0 Å². The van der Waals surface area contributed by atoms with Crippen LogP contribution in [-0.2, 0) is 16.0 Å². The van der Waals surface area contributed by atoms with Gasteiger partial charge in [-0.3, -0.25) is 4.79 Å². The number of methoxy groups -OCH3 is 1. The van der Waals surface area contributed by atoms with Gasteiger partial charge < -0.3 is 10.1 Å². The zero-order chi connectivity index (χ0) is 10.9. The number of carbonyl (C=O) groups is 1. The molecule has 1 rings (SSSR count). The third kappa shape index (κ3) is 5.67. The standard InChI is InChI=1S/C11H17NO2S/c1-14-7-6-12-9-10(13)4-5-11-3-2-8-15-11/h2-3,8,12H,4-7,9H2,1H3. The van der Waals surface area contributed by atoms with Gasteiger partial charge in [0.2, 0.25) is 0 Å². The monoisotopic (exact) mass is 227 g/mol. The molecule has 0 atom stereocenters. The fraction of sp³-hybridized carbons (Fsp3) is 0.545. The van der Waals surface area contributed by atoms with E-state index >= 15 is 0 Å². The van der Waals surface area contributed by atoms with E-state index < -0.39 is 0 Å². The minimum Gasteiger partial charge on any atom is -0.383 e. The van der Waals surface area contributed by atoms with Crippen LogP contribution in [0.4, 0.5) is 0 Å². The smallest absolute Gasteiger partial charge is 0.146 e. The third-order valence-corrected chi connectivity index (χ3v) is 2.97. The van der Waals surface area contributed by atoms with Gasteiger partial charge in [0.1, 0.15) is 5.78 Å². The summed E-state index contributed by atoms with van der Waals surface area (Å²) in [5, 5.41) is 5.08. The summed E-state index contributed by atoms with van der Waals surface area (Å²) in [5.41, 5.74) is 0. The molecule has 84 valence electrons. The van der Waals surface area contributed by atoms with E-state index in [9.17, 15) is 4.79 Å². The predicted octanol–water partition coefficient (Wildman–Crippen LogP) is 1.49. The average Bonchev–Trinajstić information content (AvgIpc) is 2.74. The van der Waals surface area contributed by atoms with Gasteiger partial charge >= 0.3 is 0 Å². The molecule has 0 saturated carbocycles. The fourth-order valence-electron chi connectivity index (χ4n) is 1.21. The predicted molar refractivity (Wildman–Crippen MR) is 62.4 cm³/mol. The molecule has 0 fully saturated rings. The maximum atomic E-state index is 11.4. The van der Waals surface area contributed by atoms with E-state index in [4.69, 9.17) is 4.74 Å². The van der Waals surface area contributed by atoms with Crippen molar-refractivity contribution in [1.29, 1.82) is 0 Å². The highest BCUT2D eigenvalue weighted by Gasteiger charge is 2.02. The van der Waals surface area contributed by atoms with E-state index in [0.717, 1.165) is 13.0 Å². The second-order valence-electron chi connectivity index (χ2n) is 3.29. The highest BCUT2D eigenvalue weighted by molar-refractivity contribution is 7.09. The number of ether oxygens (including phenoxy) is 1. The molecular formula is C11H17NO2S. The van der Waals surface area contributed by atoms with Crippen molar-refractivity contribution < 1.29 is 9.53 Å². The second kappa shape index (κ2) is 7.56. The van der Waals surface area contributed by atoms with Crippen molar-refractivity contribution in [3.05, 3.63) is 22.4 Å². The molecule has 0 aliphatic carbocycles. The van der Waals surface area contributed by atoms with Crippen molar-refractivity contribution in [3.8, 4) is 0 Å². The van der Waals surface area contributed by atoms with Gasteiger partial charge in [0.05, 0.1) is 13.2 Å². The van der Waals surface area contributed by atoms with Crippen LogP contribution in [0, 0.1) is 0 Å². The molecular weight excluding hydrogens is 210 g/mol. The highest BCUT2D eigenvalue weighted by Crippen LogP contribution is 2.10. The van der Waals surface area contributed by atoms with E-state index in [0.29, 0.717) is 19.6 Å². The third-order valence-electron chi connectivity index (χ3n) is 2.04. The minimum absolute atomic E-state index is 0.263. The number of carbonyl (C=O) groups excluding carboxylic acids is 1. The van der Waals surface area contributed by atoms with Crippen molar-refractivity contribution >= 4 is 17.1 Å². The largest absolute Gasteiger partial charge is 0.383 e. The normalized spacial score (nSPS) is 10.5. The Labute approximate surface area is 94.5 Å². The first-order chi connectivity index (χ1) is 7.33. The maximum Gasteiger partial charge on any atom is 0.146 e. The summed E-state index contributed by atoms with van der Waals surface area (Å²) < 4.78 is 4.87. The van der Waals surface area contributed by atoms with Crippen LogP contribution in [0.5, 0.6) is 0 Å². The Hall–Kier alpha value is -0.710. The maximum absolute atomic E-state index is 11.4. The Balaban J connectivity index is 2.04. The molecule has 0 saturated heterocycles. The lowest BCUT2D eigenvalue weighted by molar-refractivity contribution is -0.118. The summed E-state index contributed by atoms with van der Waals surface area (Å²) >= 11 is 1.70. The van der Waals surface area contributed by atoms with Gasteiger partial charge in [-0.05, 0) is 17.9 Å². The Kier molecular flexibility index (Phi) is 6.23. The van der Waals surface area contributed by atoms with Gasteiger partial charge in [0, 0.05) is 25.0 Å². The van der Waals surface area contributed by atoms with Gasteiger partial charge in [0.25, 0.3) is 0 Å². The summed E-state index contributed by atoms with van der Waals surface area (Å²) in [7, 11) is 1.65. The van der Waals surface area contributed by atoms with Gasteiger partial charge in [-0.25, -0.2) is 0 Å². The van der Waals surface area contributed by atoms with Crippen molar-refractivity contribution in [2.24, 2.45) is 0 Å². The van der Waals surface area contributed by atoms with Crippen LogP contribution in [0.25, 0.3) is 0 Å². The van der Waals surface area contributed by atoms with Crippen molar-refractivity contribution in [2.45, 2.75) is 12.8 Å². The Morgan fingerprint density at radius 2 is 2.47 bits per heavy atom. The molecule has 4 heteroatoms. The molecule has 0 aromatic carbocycles. The van der Waals surface area contributed by atoms with Gasteiger partial charge in [-0.1, -0.05) is 6.07 Å². The molecule has 1 N–H and O–H groups in total. The summed E-state index contributed by atoms with van der Waals surface area (Å²) in [6.45, 7) is 1.84. The number of nitrogens with one attached hydrogen (secondary N) is 1. The highest BCUT2D eigenvalue weighted by atomic mass is 32.1. The summed E-state index contributed by atoms with van der Waals surface area (Å²) in [4.78, 5) is 12.7. The van der Waals surface area contributed by atoms with E-state index in [1.165, 1.54) is 4.88 Å². The molecule has 1 aromatic heterocycles. The van der Waals surface area contributed by atoms with Crippen LogP contribution in [-0.4, -0.2) is 32.6 Å². The number of hydrogen-bond acceptors (Lipinski definition) is 4. The summed E-state index contributed by atoms with van der Waals surface area (Å²) in [5.74, 6) is 0.263. The molecule has 0 aliphatic rings. The van der Waals surface area contributed by atoms with E-state index in [2.05, 4.69) is 11.4 Å². The molecule has 3 nitrogen and oxygen atoms in total. The molecule has 15 heavy (non-hydrogen) atoms. The minimum atomic E-state index is 0.263. The van der Waals surface area contributed by atoms with E-state index in [1.807, 2.05) is 11.4 Å². The first-order valence-electron chi connectivity index (χ1n) is 5.06. The van der Waals surface area contributed by atoms with Gasteiger partial charge in [0.15, 0.2) is 0 Å². The lowest BCUT2D eigenvalue weighted by Crippen LogP contribution is -2.26. The van der Waals surface area contributed by atoms with Crippen LogP contribution >= 0.6 is 11.3 Å². The second-order valence-corrected chi connectivity index (χ2v) is 4.32. The number of hydrogen-bond donors (Lipinski definition) is 1. The van der Waals surface area contributed by atoms with E-state index in [-0.39, 0.29) is 5.78 Å². The number of Topliss-reactive ketones (excluding diaryl/α,β-unsaturated/α-hetero) is 1. The number of rotatable bonds is 8. The topological polar surface area (TPSA) is 38.3 Å². The van der Waals surface area contributed by atoms with Crippen LogP contribution in [0.3, 0.4) is 0 Å². The molecule has 0 bridgehead atoms. The molecule has 0 aliphatic heterocycles. The van der Waals surface area contributed by atoms with Crippen LogP contribution < -0.4 is 5.32 Å². The van der Waals surface area contributed by atoms with Crippen LogP contribution in [0.15, 0.2) is 17.5 Å². The molecule has 0 amide bonds. The molecule has 0 radical (unpaired) electrons. The Bertz CT molecular complexity index is 272. The van der Waals surface area contributed by atoms with Gasteiger partial charge in [-0.2, -0.15) is 0 Å². The lowest BCUT2D eigenvalue weighted by atomic mass is 10.2. The number of aryl methyl sites for hydroxylation is 1. The lowest BCUT2D eigenvalue weighted by Gasteiger charge is -2.02. The van der Waals surface area contributed by atoms with Crippen LogP contribution in [0.1, 0.15) is 11.3 Å². The molecule has 0 spiro atoms. The summed E-state index contributed by atoms with van der Waals surface area (Å²) in [6.07, 6.45) is 1.49. The Morgan fingerprint density at radius 3 is 3.13 bits per heavy atom. The zero-order valence-corrected chi connectivity index (χ0v) is 9.81. The fourth-order valence-corrected chi connectivity index (χ4v) is 1.92. The summed E-state index contributed by atoms with van der Waals surface area (Å²) in [6, 6.07) is 4.08. The molecule has 1 heterocycles. The Morgan fingerprint density at radius 1 is 1.60 bits per heavy atom. The number of ketones is 1. The first kappa shape index (κ1) is 12.4. The quantitative estimate of drug-likeness (QED) is 0.684. The zero-order valence-electron chi connectivity index (χ0n) is 8.99. The first-order valence-corrected chi connectivity index (χ1v) is 5.94. The molecule has 0 unspecified atom stereocenters. The number of thiophene rings is 1. The average molecular weight is 227 g/mol. The van der Waals surface area contributed by atoms with Gasteiger partial charge in [-0.15, -0.1) is 11.3 Å². The van der Waals surface area contributed by atoms with Crippen molar-refractivity contribution in [2.75, 3.05) is 26.8 Å².